The molecule has 1 aliphatic rings. The van der Waals surface area contributed by atoms with Gasteiger partial charge in [-0.15, -0.1) is 5.06 Å². The van der Waals surface area contributed by atoms with Crippen LogP contribution in [0.3, 0.4) is 0 Å². The molecule has 1 heterocycles. The summed E-state index contributed by atoms with van der Waals surface area (Å²) in [5, 5.41) is 13.9. The highest BCUT2D eigenvalue weighted by molar-refractivity contribution is 6.16. The van der Waals surface area contributed by atoms with E-state index in [4.69, 9.17) is 20.4 Å². The number of amides is 1. The topological polar surface area (TPSA) is 122 Å². The van der Waals surface area contributed by atoms with Crippen LogP contribution in [0.1, 0.15) is 88.6 Å². The zero-order valence-electron chi connectivity index (χ0n) is 20.8. The summed E-state index contributed by atoms with van der Waals surface area (Å²) < 4.78 is 5.28. The van der Waals surface area contributed by atoms with Gasteiger partial charge in [-0.25, -0.2) is 4.79 Å². The predicted molar refractivity (Wildman–Crippen MR) is 133 cm³/mol. The molecule has 1 atom stereocenters. The molecule has 1 amide bonds. The number of nitrogen functional groups attached to an aromatic ring is 1. The molecule has 3 rings (SSSR count). The van der Waals surface area contributed by atoms with E-state index in [9.17, 15) is 9.59 Å². The minimum absolute atomic E-state index is 0.213. The Morgan fingerprint density at radius 1 is 1.24 bits per heavy atom. The van der Waals surface area contributed by atoms with Gasteiger partial charge in [0.1, 0.15) is 11.9 Å². The molecule has 0 radical (unpaired) electrons. The Morgan fingerprint density at radius 2 is 1.94 bits per heavy atom. The minimum Gasteiger partial charge on any atom is -0.471 e. The van der Waals surface area contributed by atoms with Gasteiger partial charge < -0.3 is 20.3 Å². The van der Waals surface area contributed by atoms with E-state index in [1.165, 1.54) is 18.9 Å². The highest BCUT2D eigenvalue weighted by Gasteiger charge is 2.37. The normalized spacial score (nSPS) is 15.9. The molecule has 0 aliphatic heterocycles. The zero-order valence-corrected chi connectivity index (χ0v) is 20.8. The SMILES string of the molecule is CCCCN(OC(=O)C(NC(=O)c1c(C(=N)N)ccc2cocc12)C(C)(C)C)C1CCCCC1. The summed E-state index contributed by atoms with van der Waals surface area (Å²) in [4.78, 5) is 32.9. The molecular formula is C26H38N4O4. The summed E-state index contributed by atoms with van der Waals surface area (Å²) >= 11 is 0. The fourth-order valence-corrected chi connectivity index (χ4v) is 4.50. The average molecular weight is 471 g/mol. The van der Waals surface area contributed by atoms with Gasteiger partial charge in [0.25, 0.3) is 5.91 Å². The number of benzene rings is 1. The van der Waals surface area contributed by atoms with E-state index >= 15 is 0 Å². The number of hydroxylamine groups is 2. The first-order valence-corrected chi connectivity index (χ1v) is 12.3. The summed E-state index contributed by atoms with van der Waals surface area (Å²) in [5.41, 5.74) is 5.67. The Bertz CT molecular complexity index is 1020. The summed E-state index contributed by atoms with van der Waals surface area (Å²) in [6.07, 6.45) is 10.4. The molecule has 8 heteroatoms. The van der Waals surface area contributed by atoms with E-state index in [1.54, 1.807) is 12.1 Å². The Balaban J connectivity index is 1.86. The number of hydrogen-bond donors (Lipinski definition) is 3. The van der Waals surface area contributed by atoms with Crippen molar-refractivity contribution in [2.24, 2.45) is 11.1 Å². The molecule has 186 valence electrons. The average Bonchev–Trinajstić information content (AvgIpc) is 3.27. The van der Waals surface area contributed by atoms with E-state index in [0.29, 0.717) is 22.9 Å². The molecule has 4 N–H and O–H groups in total. The maximum absolute atomic E-state index is 13.5. The van der Waals surface area contributed by atoms with Crippen LogP contribution in [-0.2, 0) is 9.63 Å². The number of carbonyl (C=O) groups is 2. The van der Waals surface area contributed by atoms with E-state index in [0.717, 1.165) is 38.5 Å². The number of unbranched alkanes of at least 4 members (excludes halogenated alkanes) is 1. The van der Waals surface area contributed by atoms with Gasteiger partial charge in [0, 0.05) is 28.9 Å². The molecule has 1 unspecified atom stereocenters. The molecule has 0 bridgehead atoms. The third-order valence-corrected chi connectivity index (χ3v) is 6.48. The monoisotopic (exact) mass is 470 g/mol. The van der Waals surface area contributed by atoms with Crippen LogP contribution in [-0.4, -0.2) is 41.4 Å². The smallest absolute Gasteiger partial charge is 0.348 e. The first-order valence-electron chi connectivity index (χ1n) is 12.3. The van der Waals surface area contributed by atoms with Gasteiger partial charge in [0.15, 0.2) is 0 Å². The Kier molecular flexibility index (Phi) is 8.36. The first-order chi connectivity index (χ1) is 16.1. The zero-order chi connectivity index (χ0) is 24.9. The van der Waals surface area contributed by atoms with E-state index in [-0.39, 0.29) is 17.4 Å². The van der Waals surface area contributed by atoms with E-state index in [2.05, 4.69) is 12.2 Å². The minimum atomic E-state index is -0.894. The van der Waals surface area contributed by atoms with Crippen molar-refractivity contribution in [3.63, 3.8) is 0 Å². The number of hydrogen-bond acceptors (Lipinski definition) is 6. The van der Waals surface area contributed by atoms with Crippen LogP contribution in [0.4, 0.5) is 0 Å². The van der Waals surface area contributed by atoms with Gasteiger partial charge in [-0.3, -0.25) is 10.2 Å². The second kappa shape index (κ2) is 11.0. The lowest BCUT2D eigenvalue weighted by molar-refractivity contribution is -0.210. The predicted octanol–water partition coefficient (Wildman–Crippen LogP) is 4.75. The van der Waals surface area contributed by atoms with Crippen LogP contribution in [0.15, 0.2) is 29.1 Å². The highest BCUT2D eigenvalue weighted by Crippen LogP contribution is 2.28. The number of carbonyl (C=O) groups excluding carboxylic acids is 2. The van der Waals surface area contributed by atoms with E-state index in [1.807, 2.05) is 25.8 Å². The first kappa shape index (κ1) is 25.7. The van der Waals surface area contributed by atoms with Crippen LogP contribution >= 0.6 is 0 Å². The molecule has 1 saturated carbocycles. The fourth-order valence-electron chi connectivity index (χ4n) is 4.50. The van der Waals surface area contributed by atoms with Crippen LogP contribution in [0.25, 0.3) is 10.8 Å². The molecule has 1 aromatic heterocycles. The van der Waals surface area contributed by atoms with Crippen LogP contribution < -0.4 is 11.1 Å². The third kappa shape index (κ3) is 5.97. The number of rotatable bonds is 9. The van der Waals surface area contributed by atoms with Crippen molar-refractivity contribution in [1.82, 2.24) is 10.4 Å². The Labute approximate surface area is 201 Å². The van der Waals surface area contributed by atoms with Crippen molar-refractivity contribution < 1.29 is 18.8 Å². The van der Waals surface area contributed by atoms with E-state index < -0.39 is 23.3 Å². The van der Waals surface area contributed by atoms with Gasteiger partial charge >= 0.3 is 5.97 Å². The van der Waals surface area contributed by atoms with Crippen molar-refractivity contribution in [2.45, 2.75) is 84.7 Å². The van der Waals surface area contributed by atoms with Gasteiger partial charge in [0.2, 0.25) is 0 Å². The summed E-state index contributed by atoms with van der Waals surface area (Å²) in [7, 11) is 0. The fraction of sp³-hybridized carbons (Fsp3) is 0.577. The molecule has 8 nitrogen and oxygen atoms in total. The van der Waals surface area contributed by atoms with Gasteiger partial charge in [-0.05, 0) is 30.7 Å². The lowest BCUT2D eigenvalue weighted by Gasteiger charge is -2.36. The Hall–Kier alpha value is -2.87. The standard InChI is InChI=1S/C26H38N4O4/c1-5-6-14-30(18-10-8-7-9-11-18)34-25(32)22(26(2,3)4)29-24(31)21-19(23(27)28)13-12-17-15-33-16-20(17)21/h12-13,15-16,18,22H,5-11,14H2,1-4H3,(H3,27,28)(H,29,31). The molecule has 1 aliphatic carbocycles. The van der Waals surface area contributed by atoms with Crippen molar-refractivity contribution >= 4 is 28.5 Å². The molecule has 34 heavy (non-hydrogen) atoms. The van der Waals surface area contributed by atoms with Crippen molar-refractivity contribution in [3.05, 3.63) is 35.8 Å². The van der Waals surface area contributed by atoms with Crippen LogP contribution in [0.5, 0.6) is 0 Å². The van der Waals surface area contributed by atoms with Crippen molar-refractivity contribution in [2.75, 3.05) is 6.54 Å². The maximum Gasteiger partial charge on any atom is 0.348 e. The molecule has 0 saturated heterocycles. The van der Waals surface area contributed by atoms with Gasteiger partial charge in [-0.2, -0.15) is 0 Å². The number of nitrogens with two attached hydrogens (primary N) is 1. The highest BCUT2D eigenvalue weighted by atomic mass is 16.7. The number of furan rings is 1. The second-order valence-corrected chi connectivity index (χ2v) is 10.2. The molecule has 1 aromatic carbocycles. The molecule has 2 aromatic rings. The Morgan fingerprint density at radius 3 is 2.56 bits per heavy atom. The largest absolute Gasteiger partial charge is 0.471 e. The van der Waals surface area contributed by atoms with Gasteiger partial charge in [-0.1, -0.05) is 59.4 Å². The lowest BCUT2D eigenvalue weighted by atomic mass is 9.86. The lowest BCUT2D eigenvalue weighted by Crippen LogP contribution is -2.52. The second-order valence-electron chi connectivity index (χ2n) is 10.2. The van der Waals surface area contributed by atoms with Crippen LogP contribution in [0.2, 0.25) is 0 Å². The number of fused-ring (bicyclic) bond motifs is 1. The molecule has 0 spiro atoms. The van der Waals surface area contributed by atoms with Crippen LogP contribution in [0, 0.1) is 10.8 Å². The summed E-state index contributed by atoms with van der Waals surface area (Å²) in [5.74, 6) is -1.20. The number of amidine groups is 1. The van der Waals surface area contributed by atoms with Crippen molar-refractivity contribution in [3.8, 4) is 0 Å². The number of nitrogens with zero attached hydrogens (tertiary/aromatic N) is 1. The quantitative estimate of drug-likeness (QED) is 0.276. The molecular weight excluding hydrogens is 432 g/mol. The third-order valence-electron chi connectivity index (χ3n) is 6.48. The van der Waals surface area contributed by atoms with Gasteiger partial charge in [0.05, 0.1) is 18.1 Å². The summed E-state index contributed by atoms with van der Waals surface area (Å²) in [6, 6.07) is 2.69. The van der Waals surface area contributed by atoms with Crippen molar-refractivity contribution in [1.29, 1.82) is 5.41 Å². The summed E-state index contributed by atoms with van der Waals surface area (Å²) in [6.45, 7) is 8.46. The number of nitrogens with one attached hydrogen (secondary N) is 2. The molecule has 1 fully saturated rings. The maximum atomic E-state index is 13.5.